The molecular formula is C43H47N2O10S3+. The minimum absolute atomic E-state index is 0.201. The van der Waals surface area contributed by atoms with Gasteiger partial charge in [0.15, 0.2) is 0 Å². The Labute approximate surface area is 339 Å². The fourth-order valence-electron chi connectivity index (χ4n) is 7.77. The monoisotopic (exact) mass is 847 g/mol. The van der Waals surface area contributed by atoms with E-state index < -0.39 is 30.4 Å². The highest BCUT2D eigenvalue weighted by Crippen LogP contribution is 2.44. The molecule has 2 aliphatic rings. The molecule has 0 amide bonds. The molecule has 58 heavy (non-hydrogen) atoms. The summed E-state index contributed by atoms with van der Waals surface area (Å²) in [4.78, 5) is 1.29. The Bertz CT molecular complexity index is 2930. The van der Waals surface area contributed by atoms with Gasteiger partial charge in [-0.3, -0.25) is 13.7 Å². The number of fused-ring (bicyclic) bond motifs is 2. The maximum Gasteiger partial charge on any atom is 0.295 e. The van der Waals surface area contributed by atoms with Gasteiger partial charge in [-0.2, -0.15) is 29.8 Å². The van der Waals surface area contributed by atoms with Gasteiger partial charge in [0.25, 0.3) is 30.4 Å². The van der Waals surface area contributed by atoms with Crippen LogP contribution in [0.5, 0.6) is 0 Å². The summed E-state index contributed by atoms with van der Waals surface area (Å²) >= 11 is 0. The van der Waals surface area contributed by atoms with Gasteiger partial charge >= 0.3 is 0 Å². The lowest BCUT2D eigenvalue weighted by Gasteiger charge is -2.29. The van der Waals surface area contributed by atoms with Gasteiger partial charge < -0.3 is 9.32 Å². The van der Waals surface area contributed by atoms with Crippen LogP contribution >= 0.6 is 0 Å². The predicted molar refractivity (Wildman–Crippen MR) is 226 cm³/mol. The van der Waals surface area contributed by atoms with Crippen LogP contribution < -0.4 is 14.8 Å². The quantitative estimate of drug-likeness (QED) is 0.0573. The molecule has 0 atom stereocenters. The van der Waals surface area contributed by atoms with E-state index in [1.165, 1.54) is 30.3 Å². The van der Waals surface area contributed by atoms with Crippen molar-refractivity contribution in [2.75, 3.05) is 18.0 Å². The Kier molecular flexibility index (Phi) is 12.1. The van der Waals surface area contributed by atoms with Crippen LogP contribution in [0.3, 0.4) is 0 Å². The smallest absolute Gasteiger partial charge is 0.295 e. The zero-order valence-corrected chi connectivity index (χ0v) is 35.6. The third-order valence-electron chi connectivity index (χ3n) is 10.4. The fraction of sp³-hybridized carbons (Fsp3) is 0.279. The topological polar surface area (TPSA) is 182 Å². The highest BCUT2D eigenvalue weighted by Gasteiger charge is 2.28. The van der Waals surface area contributed by atoms with Crippen LogP contribution in [0.15, 0.2) is 104 Å². The molecule has 12 nitrogen and oxygen atoms in total. The van der Waals surface area contributed by atoms with Crippen molar-refractivity contribution in [1.29, 1.82) is 0 Å². The second-order valence-electron chi connectivity index (χ2n) is 14.5. The fourth-order valence-corrected chi connectivity index (χ4v) is 9.84. The molecule has 1 aliphatic carbocycles. The second-order valence-corrected chi connectivity index (χ2v) is 18.7. The molecule has 0 aromatic heterocycles. The van der Waals surface area contributed by atoms with E-state index in [2.05, 4.69) is 11.5 Å². The van der Waals surface area contributed by atoms with Gasteiger partial charge in [0.2, 0.25) is 11.0 Å². The van der Waals surface area contributed by atoms with E-state index in [0.717, 1.165) is 36.9 Å². The minimum atomic E-state index is -4.68. The van der Waals surface area contributed by atoms with Crippen LogP contribution in [0.4, 0.5) is 17.1 Å². The van der Waals surface area contributed by atoms with Crippen LogP contribution in [-0.2, 0) is 30.4 Å². The number of unbranched alkanes of at least 4 members (excludes halogenated alkanes) is 2. The van der Waals surface area contributed by atoms with Crippen molar-refractivity contribution >= 4 is 58.4 Å². The van der Waals surface area contributed by atoms with Gasteiger partial charge in [-0.25, -0.2) is 0 Å². The molecule has 0 fully saturated rings. The number of hydrogen-bond donors (Lipinski definition) is 3. The average molecular weight is 848 g/mol. The number of benzene rings is 5. The van der Waals surface area contributed by atoms with E-state index in [1.807, 2.05) is 55.1 Å². The van der Waals surface area contributed by atoms with Crippen molar-refractivity contribution in [2.45, 2.75) is 81.9 Å². The summed E-state index contributed by atoms with van der Waals surface area (Å²) in [6.45, 7) is 12.2. The van der Waals surface area contributed by atoms with Crippen molar-refractivity contribution in [1.82, 2.24) is 4.58 Å². The summed E-state index contributed by atoms with van der Waals surface area (Å²) in [5, 5.41) is 1.25. The molecular weight excluding hydrogens is 801 g/mol. The highest BCUT2D eigenvalue weighted by molar-refractivity contribution is 7.86. The molecule has 15 heteroatoms. The standard InChI is InChI=1S/C43H46N2O10S3/c1-7-9-21-44(42-28(4)23-33(24-29(42)5)56(46,47)48)31-16-18-34-37(25-31)55-38-26-32(17-19-35(38)41(34)36-13-11-12-14-40(36)58(52,53)54)45(22-10-8-2)43-27(3)15-20-39(30(43)6)57(49,50)51/h11-20,23-26H,7-10,21-22H2,1-6H3,(H2-,46,47,48,49,50,51,52,53,54)/p+1. The molecule has 4 aromatic carbocycles. The summed E-state index contributed by atoms with van der Waals surface area (Å²) in [6, 6.07) is 23.1. The number of anilines is 2. The molecule has 0 unspecified atom stereocenters. The molecule has 1 heterocycles. The van der Waals surface area contributed by atoms with E-state index in [-0.39, 0.29) is 20.2 Å². The lowest BCUT2D eigenvalue weighted by Crippen LogP contribution is -2.28. The largest absolute Gasteiger partial charge is 0.456 e. The van der Waals surface area contributed by atoms with Crippen LogP contribution in [0, 0.1) is 27.7 Å². The van der Waals surface area contributed by atoms with Crippen molar-refractivity contribution in [3.8, 4) is 22.5 Å². The SMILES string of the molecule is CCCCN(c1ccc2c(-c3ccccc3S(=O)(=O)O)c3ccc(=[N+](CCCC)c4c(C)cc(S(=O)(=O)O)cc4C)cc-3oc2c1)c1c(C)ccc(S(=O)(=O)O)c1C. The summed E-state index contributed by atoms with van der Waals surface area (Å²) < 4.78 is 114. The molecule has 4 aromatic rings. The molecule has 306 valence electrons. The Morgan fingerprint density at radius 1 is 0.655 bits per heavy atom. The van der Waals surface area contributed by atoms with Gasteiger partial charge in [-0.1, -0.05) is 51.0 Å². The van der Waals surface area contributed by atoms with E-state index >= 15 is 0 Å². The van der Waals surface area contributed by atoms with Crippen molar-refractivity contribution in [2.24, 2.45) is 0 Å². The Morgan fingerprint density at radius 2 is 1.31 bits per heavy atom. The maximum atomic E-state index is 12.8. The summed E-state index contributed by atoms with van der Waals surface area (Å²) in [5.74, 6) is 0.384. The molecule has 0 spiro atoms. The Morgan fingerprint density at radius 3 is 1.93 bits per heavy atom. The zero-order valence-electron chi connectivity index (χ0n) is 33.1. The average Bonchev–Trinajstić information content (AvgIpc) is 3.14. The molecule has 0 bridgehead atoms. The summed E-state index contributed by atoms with van der Waals surface area (Å²) in [6.07, 6.45) is 3.23. The molecule has 0 saturated heterocycles. The number of aryl methyl sites for hydroxylation is 3. The number of hydrogen-bond acceptors (Lipinski definition) is 8. The maximum absolute atomic E-state index is 12.8. The predicted octanol–water partition coefficient (Wildman–Crippen LogP) is 9.02. The normalized spacial score (nSPS) is 13.0. The minimum Gasteiger partial charge on any atom is -0.456 e. The first-order valence-corrected chi connectivity index (χ1v) is 23.2. The van der Waals surface area contributed by atoms with E-state index in [4.69, 9.17) is 4.42 Å². The highest BCUT2D eigenvalue weighted by atomic mass is 32.2. The first kappa shape index (κ1) is 42.7. The van der Waals surface area contributed by atoms with Gasteiger partial charge in [0, 0.05) is 69.7 Å². The lowest BCUT2D eigenvalue weighted by molar-refractivity contribution is 0.480. The second kappa shape index (κ2) is 16.4. The number of rotatable bonds is 13. The van der Waals surface area contributed by atoms with Gasteiger partial charge in [-0.15, -0.1) is 0 Å². The van der Waals surface area contributed by atoms with E-state index in [0.29, 0.717) is 74.4 Å². The Balaban J connectivity index is 1.72. The van der Waals surface area contributed by atoms with Crippen LogP contribution in [-0.4, -0.2) is 52.0 Å². The lowest BCUT2D eigenvalue weighted by atomic mass is 9.93. The molecule has 0 saturated carbocycles. The summed E-state index contributed by atoms with van der Waals surface area (Å²) in [7, 11) is -13.7. The van der Waals surface area contributed by atoms with Crippen molar-refractivity contribution < 1.29 is 43.3 Å². The number of nitrogens with zero attached hydrogens (tertiary/aromatic N) is 2. The molecule has 0 radical (unpaired) electrons. The third kappa shape index (κ3) is 8.46. The van der Waals surface area contributed by atoms with E-state index in [1.54, 1.807) is 39.0 Å². The van der Waals surface area contributed by atoms with Gasteiger partial charge in [0.05, 0.1) is 15.9 Å². The van der Waals surface area contributed by atoms with Crippen molar-refractivity contribution in [3.05, 3.63) is 113 Å². The van der Waals surface area contributed by atoms with Crippen LogP contribution in [0.1, 0.15) is 61.8 Å². The zero-order chi connectivity index (χ0) is 42.3. The van der Waals surface area contributed by atoms with Gasteiger partial charge in [0.1, 0.15) is 22.8 Å². The first-order chi connectivity index (χ1) is 27.3. The van der Waals surface area contributed by atoms with E-state index in [9.17, 15) is 38.9 Å². The molecule has 3 N–H and O–H groups in total. The van der Waals surface area contributed by atoms with Crippen LogP contribution in [0.2, 0.25) is 0 Å². The summed E-state index contributed by atoms with van der Waals surface area (Å²) in [5.41, 5.74) is 6.11. The third-order valence-corrected chi connectivity index (χ3v) is 13.1. The van der Waals surface area contributed by atoms with Crippen molar-refractivity contribution in [3.63, 3.8) is 0 Å². The van der Waals surface area contributed by atoms with Gasteiger partial charge in [-0.05, 0) is 87.7 Å². The molecule has 6 rings (SSSR count). The molecule has 1 aliphatic heterocycles. The Hall–Kier alpha value is -4.90. The first-order valence-electron chi connectivity index (χ1n) is 18.9. The van der Waals surface area contributed by atoms with Crippen LogP contribution in [0.25, 0.3) is 33.4 Å².